The van der Waals surface area contributed by atoms with E-state index in [4.69, 9.17) is 25.8 Å². The number of nitrogens with zero attached hydrogens (tertiary/aromatic N) is 4. The molecule has 0 spiro atoms. The molecule has 36 heavy (non-hydrogen) atoms. The van der Waals surface area contributed by atoms with Crippen molar-refractivity contribution >= 4 is 34.4 Å². The molecule has 1 aliphatic heterocycles. The number of halogens is 1. The topological polar surface area (TPSA) is 112 Å². The Morgan fingerprint density at radius 1 is 1.14 bits per heavy atom. The number of hydrogen-bond donors (Lipinski definition) is 1. The third-order valence-corrected chi connectivity index (χ3v) is 6.30. The fourth-order valence-electron chi connectivity index (χ4n) is 4.05. The predicted molar refractivity (Wildman–Crippen MR) is 135 cm³/mol. The van der Waals surface area contributed by atoms with Crippen LogP contribution in [-0.2, 0) is 14.3 Å². The Morgan fingerprint density at radius 2 is 1.89 bits per heavy atom. The zero-order valence-corrected chi connectivity index (χ0v) is 20.5. The van der Waals surface area contributed by atoms with E-state index in [1.807, 2.05) is 24.3 Å². The minimum atomic E-state index is -0.754. The molecule has 4 heterocycles. The maximum absolute atomic E-state index is 12.4. The number of nitrogens with one attached hydrogen (secondary N) is 1. The molecule has 1 aliphatic rings. The smallest absolute Gasteiger partial charge is 0.328 e. The highest BCUT2D eigenvalue weighted by atomic mass is 35.5. The van der Waals surface area contributed by atoms with Gasteiger partial charge in [-0.05, 0) is 31.2 Å². The molecule has 0 bridgehead atoms. The highest BCUT2D eigenvalue weighted by Crippen LogP contribution is 2.31. The molecule has 1 atom stereocenters. The largest absolute Gasteiger partial charge is 0.467 e. The van der Waals surface area contributed by atoms with Gasteiger partial charge in [-0.2, -0.15) is 4.98 Å². The van der Waals surface area contributed by atoms with Crippen LogP contribution in [0.1, 0.15) is 13.0 Å². The lowest BCUT2D eigenvalue weighted by molar-refractivity contribution is -0.144. The van der Waals surface area contributed by atoms with Crippen molar-refractivity contribution in [2.75, 3.05) is 38.3 Å². The Labute approximate surface area is 211 Å². The number of fused-ring (bicyclic) bond motifs is 1. The van der Waals surface area contributed by atoms with Gasteiger partial charge in [0.1, 0.15) is 11.8 Å². The van der Waals surface area contributed by atoms with Crippen LogP contribution in [0.2, 0.25) is 5.02 Å². The van der Waals surface area contributed by atoms with Crippen LogP contribution < -0.4 is 15.2 Å². The molecule has 1 N–H and O–H groups in total. The van der Waals surface area contributed by atoms with Gasteiger partial charge >= 0.3 is 12.0 Å². The number of pyridine rings is 2. The monoisotopic (exact) mass is 509 g/mol. The normalized spacial score (nSPS) is 14.6. The molecule has 0 aliphatic carbocycles. The van der Waals surface area contributed by atoms with E-state index in [1.54, 1.807) is 19.1 Å². The summed E-state index contributed by atoms with van der Waals surface area (Å²) >= 11 is 6.54. The molecule has 11 heteroatoms. The van der Waals surface area contributed by atoms with E-state index in [-0.39, 0.29) is 11.8 Å². The van der Waals surface area contributed by atoms with Crippen LogP contribution >= 0.6 is 11.6 Å². The molecule has 1 aromatic carbocycles. The van der Waals surface area contributed by atoms with E-state index in [0.717, 1.165) is 37.6 Å². The van der Waals surface area contributed by atoms with Crippen LogP contribution in [-0.4, -0.2) is 58.9 Å². The number of benzene rings is 1. The molecule has 0 amide bonds. The average molecular weight is 510 g/mol. The molecule has 1 saturated heterocycles. The summed E-state index contributed by atoms with van der Waals surface area (Å²) in [6.45, 7) is 4.75. The maximum Gasteiger partial charge on any atom is 0.328 e. The minimum absolute atomic E-state index is 0.159. The van der Waals surface area contributed by atoms with E-state index < -0.39 is 17.6 Å². The number of aromatic nitrogens is 4. The first-order valence-electron chi connectivity index (χ1n) is 11.4. The van der Waals surface area contributed by atoms with Crippen molar-refractivity contribution in [2.45, 2.75) is 13.0 Å². The second kappa shape index (κ2) is 10.00. The first-order valence-corrected chi connectivity index (χ1v) is 11.8. The standard InChI is InChI=1S/C25H24ClN5O5/c1-15(24(33)34-2)31-8-7-18(13-21(31)32)36-25-27-20-14-19(26)22(28-23(20)29-25)16-3-5-17(6-4-16)30-9-11-35-12-10-30/h3-8,13-15H,9-12H2,1-2H3,(H,27,28,29). The summed E-state index contributed by atoms with van der Waals surface area (Å²) in [5, 5.41) is 0.469. The molecule has 5 rings (SSSR count). The van der Waals surface area contributed by atoms with E-state index in [1.165, 1.54) is 23.9 Å². The van der Waals surface area contributed by atoms with Gasteiger partial charge in [-0.15, -0.1) is 0 Å². The molecule has 1 unspecified atom stereocenters. The Balaban J connectivity index is 1.37. The second-order valence-corrected chi connectivity index (χ2v) is 8.69. The van der Waals surface area contributed by atoms with Crippen molar-refractivity contribution in [2.24, 2.45) is 0 Å². The van der Waals surface area contributed by atoms with Crippen molar-refractivity contribution in [3.8, 4) is 23.0 Å². The van der Waals surface area contributed by atoms with E-state index in [2.05, 4.69) is 19.9 Å². The Kier molecular flexibility index (Phi) is 6.62. The fraction of sp³-hybridized carbons (Fsp3) is 0.280. The van der Waals surface area contributed by atoms with Gasteiger partial charge in [-0.25, -0.2) is 9.78 Å². The van der Waals surface area contributed by atoms with Crippen molar-refractivity contribution in [1.82, 2.24) is 19.5 Å². The lowest BCUT2D eigenvalue weighted by atomic mass is 10.1. The number of hydrogen-bond acceptors (Lipinski definition) is 8. The van der Waals surface area contributed by atoms with E-state index in [0.29, 0.717) is 21.9 Å². The molecule has 0 radical (unpaired) electrons. The Hall–Kier alpha value is -3.89. The third-order valence-electron chi connectivity index (χ3n) is 6.02. The van der Waals surface area contributed by atoms with Crippen LogP contribution in [0.4, 0.5) is 5.69 Å². The fourth-order valence-corrected chi connectivity index (χ4v) is 4.31. The van der Waals surface area contributed by atoms with E-state index in [9.17, 15) is 9.59 Å². The zero-order chi connectivity index (χ0) is 25.2. The predicted octanol–water partition coefficient (Wildman–Crippen LogP) is 3.80. The van der Waals surface area contributed by atoms with Crippen molar-refractivity contribution in [1.29, 1.82) is 0 Å². The number of anilines is 1. The second-order valence-electron chi connectivity index (χ2n) is 8.29. The summed E-state index contributed by atoms with van der Waals surface area (Å²) < 4.78 is 17.1. The number of ether oxygens (including phenoxy) is 3. The SMILES string of the molecule is COC(=O)C(C)n1ccc(Oc2nc3nc(-c4ccc(N5CCOCC5)cc4)c(Cl)cc3[nH]2)cc1=O. The van der Waals surface area contributed by atoms with Crippen LogP contribution in [0.5, 0.6) is 11.8 Å². The lowest BCUT2D eigenvalue weighted by Crippen LogP contribution is -2.36. The van der Waals surface area contributed by atoms with Crippen molar-refractivity contribution in [3.63, 3.8) is 0 Å². The number of rotatable bonds is 6. The molecule has 186 valence electrons. The van der Waals surface area contributed by atoms with Crippen LogP contribution in [0.3, 0.4) is 0 Å². The summed E-state index contributed by atoms with van der Waals surface area (Å²) in [6, 6.07) is 12.0. The summed E-state index contributed by atoms with van der Waals surface area (Å²) in [6.07, 6.45) is 1.47. The van der Waals surface area contributed by atoms with Gasteiger partial charge in [0.05, 0.1) is 36.6 Å². The minimum Gasteiger partial charge on any atom is -0.467 e. The number of esters is 1. The highest BCUT2D eigenvalue weighted by molar-refractivity contribution is 6.33. The van der Waals surface area contributed by atoms with Crippen LogP contribution in [0, 0.1) is 0 Å². The summed E-state index contributed by atoms with van der Waals surface area (Å²) in [4.78, 5) is 38.5. The molecule has 10 nitrogen and oxygen atoms in total. The number of H-pyrrole nitrogens is 1. The molecule has 1 fully saturated rings. The number of morpholine rings is 1. The first kappa shape index (κ1) is 23.8. The third kappa shape index (κ3) is 4.77. The zero-order valence-electron chi connectivity index (χ0n) is 19.7. The molecular weight excluding hydrogens is 486 g/mol. The number of aromatic amines is 1. The molecular formula is C25H24ClN5O5. The summed E-state index contributed by atoms with van der Waals surface area (Å²) in [7, 11) is 1.27. The van der Waals surface area contributed by atoms with Gasteiger partial charge in [0.15, 0.2) is 5.65 Å². The molecule has 4 aromatic rings. The van der Waals surface area contributed by atoms with Gasteiger partial charge in [-0.1, -0.05) is 23.7 Å². The van der Waals surface area contributed by atoms with E-state index >= 15 is 0 Å². The van der Waals surface area contributed by atoms with Gasteiger partial charge < -0.3 is 28.7 Å². The maximum atomic E-state index is 12.4. The number of imidazole rings is 1. The number of methoxy groups -OCH3 is 1. The lowest BCUT2D eigenvalue weighted by Gasteiger charge is -2.28. The van der Waals surface area contributed by atoms with Crippen LogP contribution in [0.15, 0.2) is 53.5 Å². The van der Waals surface area contributed by atoms with Crippen molar-refractivity contribution < 1.29 is 19.0 Å². The first-order chi connectivity index (χ1) is 17.4. The Morgan fingerprint density at radius 3 is 2.58 bits per heavy atom. The van der Waals surface area contributed by atoms with Gasteiger partial charge in [0, 0.05) is 36.6 Å². The van der Waals surface area contributed by atoms with Gasteiger partial charge in [0.25, 0.3) is 5.56 Å². The van der Waals surface area contributed by atoms with Crippen LogP contribution in [0.25, 0.3) is 22.4 Å². The summed E-state index contributed by atoms with van der Waals surface area (Å²) in [5.74, 6) is -0.255. The number of carbonyl (C=O) groups excluding carboxylic acids is 1. The quantitative estimate of drug-likeness (QED) is 0.391. The van der Waals surface area contributed by atoms with Crippen molar-refractivity contribution in [3.05, 3.63) is 64.0 Å². The summed E-state index contributed by atoms with van der Waals surface area (Å²) in [5.41, 5.74) is 3.21. The number of carbonyl (C=O) groups is 1. The van der Waals surface area contributed by atoms with Gasteiger partial charge in [-0.3, -0.25) is 4.79 Å². The Bertz CT molecular complexity index is 1460. The van der Waals surface area contributed by atoms with Gasteiger partial charge in [0.2, 0.25) is 0 Å². The molecule has 0 saturated carbocycles. The molecule has 3 aromatic heterocycles. The average Bonchev–Trinajstić information content (AvgIpc) is 3.29. The highest BCUT2D eigenvalue weighted by Gasteiger charge is 2.18.